The smallest absolute Gasteiger partial charge is 0.237 e. The van der Waals surface area contributed by atoms with E-state index in [-0.39, 0.29) is 11.8 Å². The SMILES string of the molecule is C=Cc1cc(Nc2ncc(C)c(Nc3cccc(NS(=O)(=O)C(C)(C)C)c3)n2)cc(F)c1N1CCN(C)CC1. The van der Waals surface area contributed by atoms with Gasteiger partial charge in [0.25, 0.3) is 0 Å². The minimum absolute atomic E-state index is 0.287. The molecular formula is C28H36FN7O2S. The van der Waals surface area contributed by atoms with E-state index in [4.69, 9.17) is 0 Å². The second kappa shape index (κ2) is 11.2. The van der Waals surface area contributed by atoms with Crippen molar-refractivity contribution < 1.29 is 12.8 Å². The number of likely N-dealkylation sites (N-methyl/N-ethyl adjacent to an activating group) is 1. The highest BCUT2D eigenvalue weighted by Gasteiger charge is 2.29. The van der Waals surface area contributed by atoms with Crippen molar-refractivity contribution in [3.8, 4) is 0 Å². The van der Waals surface area contributed by atoms with Crippen LogP contribution in [0.3, 0.4) is 0 Å². The molecule has 3 aromatic rings. The van der Waals surface area contributed by atoms with Gasteiger partial charge in [-0.3, -0.25) is 4.72 Å². The lowest BCUT2D eigenvalue weighted by Crippen LogP contribution is -2.45. The van der Waals surface area contributed by atoms with Crippen molar-refractivity contribution in [2.75, 3.05) is 53.5 Å². The Morgan fingerprint density at radius 3 is 2.38 bits per heavy atom. The van der Waals surface area contributed by atoms with Gasteiger partial charge in [0.1, 0.15) is 11.6 Å². The number of hydrogen-bond donors (Lipinski definition) is 3. The molecule has 0 atom stereocenters. The number of aryl methyl sites for hydroxylation is 1. The van der Waals surface area contributed by atoms with Gasteiger partial charge in [-0.05, 0) is 65.1 Å². The summed E-state index contributed by atoms with van der Waals surface area (Å²) in [5.41, 5.74) is 3.62. The second-order valence-corrected chi connectivity index (χ2v) is 13.1. The molecule has 3 N–H and O–H groups in total. The average molecular weight is 554 g/mol. The van der Waals surface area contributed by atoms with E-state index in [0.29, 0.717) is 34.1 Å². The van der Waals surface area contributed by atoms with Crippen LogP contribution in [0.4, 0.5) is 38.9 Å². The van der Waals surface area contributed by atoms with Crippen molar-refractivity contribution in [3.63, 3.8) is 0 Å². The zero-order chi connectivity index (χ0) is 28.4. The zero-order valence-electron chi connectivity index (χ0n) is 23.0. The molecular weight excluding hydrogens is 517 g/mol. The number of sulfonamides is 1. The summed E-state index contributed by atoms with van der Waals surface area (Å²) < 4.78 is 42.1. The predicted molar refractivity (Wildman–Crippen MR) is 158 cm³/mol. The molecule has 9 nitrogen and oxygen atoms in total. The molecule has 1 fully saturated rings. The molecule has 2 heterocycles. The molecule has 1 aliphatic rings. The molecule has 0 aliphatic carbocycles. The Morgan fingerprint density at radius 1 is 1.03 bits per heavy atom. The summed E-state index contributed by atoms with van der Waals surface area (Å²) in [6.45, 7) is 13.9. The van der Waals surface area contributed by atoms with E-state index in [1.54, 1.807) is 51.2 Å². The standard InChI is InChI=1S/C28H36FN7O2S/c1-7-20-15-23(17-24(29)25(20)36-13-11-35(6)12-14-36)32-27-30-18-19(2)26(33-27)31-21-9-8-10-22(16-21)34-39(37,38)28(3,4)5/h7-10,15-18,34H,1,11-14H2,2-6H3,(H2,30,31,32,33). The number of halogens is 1. The maximum absolute atomic E-state index is 15.3. The molecule has 208 valence electrons. The Kier molecular flexibility index (Phi) is 8.12. The summed E-state index contributed by atoms with van der Waals surface area (Å²) in [6, 6.07) is 10.2. The van der Waals surface area contributed by atoms with Crippen molar-refractivity contribution in [3.05, 3.63) is 66.1 Å². The van der Waals surface area contributed by atoms with Crippen LogP contribution >= 0.6 is 0 Å². The van der Waals surface area contributed by atoms with Gasteiger partial charge in [0.15, 0.2) is 0 Å². The topological polar surface area (TPSA) is 102 Å². The second-order valence-electron chi connectivity index (χ2n) is 10.7. The van der Waals surface area contributed by atoms with Gasteiger partial charge < -0.3 is 20.4 Å². The van der Waals surface area contributed by atoms with E-state index in [2.05, 4.69) is 48.8 Å². The summed E-state index contributed by atoms with van der Waals surface area (Å²) in [6.07, 6.45) is 3.32. The van der Waals surface area contributed by atoms with E-state index in [1.165, 1.54) is 6.07 Å². The monoisotopic (exact) mass is 553 g/mol. The van der Waals surface area contributed by atoms with Gasteiger partial charge in [0.2, 0.25) is 16.0 Å². The highest BCUT2D eigenvalue weighted by molar-refractivity contribution is 7.94. The van der Waals surface area contributed by atoms with Crippen LogP contribution in [-0.4, -0.2) is 61.3 Å². The van der Waals surface area contributed by atoms with Crippen molar-refractivity contribution in [2.24, 2.45) is 0 Å². The fourth-order valence-corrected chi connectivity index (χ4v) is 4.82. The van der Waals surface area contributed by atoms with Gasteiger partial charge >= 0.3 is 0 Å². The number of anilines is 6. The predicted octanol–water partition coefficient (Wildman–Crippen LogP) is 5.35. The van der Waals surface area contributed by atoms with Crippen LogP contribution in [0.2, 0.25) is 0 Å². The highest BCUT2D eigenvalue weighted by atomic mass is 32.2. The first kappa shape index (κ1) is 28.3. The van der Waals surface area contributed by atoms with Crippen LogP contribution in [0.1, 0.15) is 31.9 Å². The summed E-state index contributed by atoms with van der Waals surface area (Å²) >= 11 is 0. The van der Waals surface area contributed by atoms with Crippen LogP contribution in [0, 0.1) is 12.7 Å². The molecule has 1 saturated heterocycles. The van der Waals surface area contributed by atoms with Gasteiger partial charge in [-0.1, -0.05) is 18.7 Å². The third-order valence-corrected chi connectivity index (χ3v) is 8.66. The van der Waals surface area contributed by atoms with E-state index in [1.807, 2.05) is 19.1 Å². The molecule has 0 unspecified atom stereocenters. The van der Waals surface area contributed by atoms with E-state index < -0.39 is 14.8 Å². The zero-order valence-corrected chi connectivity index (χ0v) is 23.9. The maximum Gasteiger partial charge on any atom is 0.237 e. The Bertz CT molecular complexity index is 1460. The molecule has 1 aliphatic heterocycles. The average Bonchev–Trinajstić information content (AvgIpc) is 2.86. The van der Waals surface area contributed by atoms with Crippen molar-refractivity contribution >= 4 is 50.6 Å². The fourth-order valence-electron chi connectivity index (χ4n) is 4.08. The normalized spacial score (nSPS) is 14.7. The van der Waals surface area contributed by atoms with Crippen molar-refractivity contribution in [2.45, 2.75) is 32.4 Å². The minimum Gasteiger partial charge on any atom is -0.366 e. The van der Waals surface area contributed by atoms with Crippen LogP contribution < -0.4 is 20.3 Å². The van der Waals surface area contributed by atoms with E-state index >= 15 is 4.39 Å². The largest absolute Gasteiger partial charge is 0.366 e. The van der Waals surface area contributed by atoms with Crippen LogP contribution in [-0.2, 0) is 10.0 Å². The van der Waals surface area contributed by atoms with E-state index in [0.717, 1.165) is 31.7 Å². The number of benzene rings is 2. The minimum atomic E-state index is -3.57. The van der Waals surface area contributed by atoms with Gasteiger partial charge in [-0.15, -0.1) is 0 Å². The molecule has 2 aromatic carbocycles. The first-order valence-electron chi connectivity index (χ1n) is 12.8. The fraction of sp³-hybridized carbons (Fsp3) is 0.357. The van der Waals surface area contributed by atoms with Crippen molar-refractivity contribution in [1.29, 1.82) is 0 Å². The third-order valence-electron chi connectivity index (χ3n) is 6.54. The number of rotatable bonds is 8. The first-order valence-corrected chi connectivity index (χ1v) is 14.2. The van der Waals surface area contributed by atoms with Crippen LogP contribution in [0.5, 0.6) is 0 Å². The molecule has 0 amide bonds. The molecule has 0 spiro atoms. The molecule has 1 aromatic heterocycles. The number of nitrogens with zero attached hydrogens (tertiary/aromatic N) is 4. The summed E-state index contributed by atoms with van der Waals surface area (Å²) in [5, 5.41) is 6.33. The molecule has 0 radical (unpaired) electrons. The quantitative estimate of drug-likeness (QED) is 0.343. The summed E-state index contributed by atoms with van der Waals surface area (Å²) in [5.74, 6) is 0.482. The number of aromatic nitrogens is 2. The maximum atomic E-state index is 15.3. The summed E-state index contributed by atoms with van der Waals surface area (Å²) in [4.78, 5) is 13.2. The third kappa shape index (κ3) is 6.66. The van der Waals surface area contributed by atoms with Gasteiger partial charge in [-0.25, -0.2) is 17.8 Å². The Labute approximate surface area is 230 Å². The van der Waals surface area contributed by atoms with Crippen LogP contribution in [0.15, 0.2) is 49.2 Å². The number of nitrogens with one attached hydrogen (secondary N) is 3. The number of piperazine rings is 1. The van der Waals surface area contributed by atoms with E-state index in [9.17, 15) is 8.42 Å². The molecule has 39 heavy (non-hydrogen) atoms. The molecule has 0 saturated carbocycles. The first-order chi connectivity index (χ1) is 18.4. The molecule has 11 heteroatoms. The summed E-state index contributed by atoms with van der Waals surface area (Å²) in [7, 11) is -1.51. The van der Waals surface area contributed by atoms with Crippen molar-refractivity contribution in [1.82, 2.24) is 14.9 Å². The van der Waals surface area contributed by atoms with Crippen LogP contribution in [0.25, 0.3) is 6.08 Å². The Morgan fingerprint density at radius 2 is 1.72 bits per heavy atom. The Balaban J connectivity index is 1.54. The lowest BCUT2D eigenvalue weighted by molar-refractivity contribution is 0.311. The lowest BCUT2D eigenvalue weighted by Gasteiger charge is -2.35. The highest BCUT2D eigenvalue weighted by Crippen LogP contribution is 2.31. The lowest BCUT2D eigenvalue weighted by atomic mass is 10.1. The van der Waals surface area contributed by atoms with Gasteiger partial charge in [0.05, 0.1) is 16.1 Å². The molecule has 0 bridgehead atoms. The van der Waals surface area contributed by atoms with Gasteiger partial charge in [-0.2, -0.15) is 4.98 Å². The molecule has 4 rings (SSSR count). The number of hydrogen-bond acceptors (Lipinski definition) is 8. The van der Waals surface area contributed by atoms with Gasteiger partial charge in [0, 0.05) is 54.9 Å². The Hall–Kier alpha value is -3.70.